The van der Waals surface area contributed by atoms with Gasteiger partial charge in [-0.25, -0.2) is 0 Å². The van der Waals surface area contributed by atoms with E-state index in [1.165, 1.54) is 0 Å². The molecule has 58 valence electrons. The van der Waals surface area contributed by atoms with Gasteiger partial charge in [-0.2, -0.15) is 0 Å². The third kappa shape index (κ3) is 3.10. The van der Waals surface area contributed by atoms with Crippen LogP contribution in [0, 0.1) is 12.3 Å². The molecule has 0 aliphatic rings. The SMILES string of the molecule is C#C[C@@](O)(CCl)CCCC. The standard InChI is InChI=1S/C8H13ClO/c1-3-5-6-8(10,4-2)7-9/h2,10H,3,5-7H2,1H3/t8-/m0/s1. The highest BCUT2D eigenvalue weighted by Gasteiger charge is 2.20. The number of hydrogen-bond acceptors (Lipinski definition) is 1. The van der Waals surface area contributed by atoms with E-state index in [0.29, 0.717) is 6.42 Å². The first kappa shape index (κ1) is 9.81. The van der Waals surface area contributed by atoms with Crippen molar-refractivity contribution < 1.29 is 5.11 Å². The second-order valence-electron chi connectivity index (χ2n) is 2.41. The van der Waals surface area contributed by atoms with Crippen LogP contribution in [0.4, 0.5) is 0 Å². The van der Waals surface area contributed by atoms with Crippen molar-refractivity contribution in [2.75, 3.05) is 5.88 Å². The van der Waals surface area contributed by atoms with Gasteiger partial charge in [0.05, 0.1) is 5.88 Å². The maximum Gasteiger partial charge on any atom is 0.138 e. The Morgan fingerprint density at radius 1 is 1.70 bits per heavy atom. The van der Waals surface area contributed by atoms with Gasteiger partial charge in [0, 0.05) is 0 Å². The van der Waals surface area contributed by atoms with Crippen molar-refractivity contribution in [2.24, 2.45) is 0 Å². The maximum absolute atomic E-state index is 9.39. The number of hydrogen-bond donors (Lipinski definition) is 1. The normalized spacial score (nSPS) is 15.8. The summed E-state index contributed by atoms with van der Waals surface area (Å²) in [6, 6.07) is 0. The Hall–Kier alpha value is -0.190. The van der Waals surface area contributed by atoms with E-state index in [9.17, 15) is 5.11 Å². The minimum absolute atomic E-state index is 0.128. The zero-order chi connectivity index (χ0) is 8.04. The molecular formula is C8H13ClO. The van der Waals surface area contributed by atoms with E-state index in [0.717, 1.165) is 12.8 Å². The summed E-state index contributed by atoms with van der Waals surface area (Å²) in [7, 11) is 0. The van der Waals surface area contributed by atoms with Crippen molar-refractivity contribution in [2.45, 2.75) is 31.8 Å². The molecule has 0 aromatic heterocycles. The van der Waals surface area contributed by atoms with Crippen molar-refractivity contribution in [3.05, 3.63) is 0 Å². The molecule has 0 heterocycles. The average Bonchev–Trinajstić information content (AvgIpc) is 2.00. The van der Waals surface area contributed by atoms with Gasteiger partial charge in [0.15, 0.2) is 0 Å². The van der Waals surface area contributed by atoms with E-state index in [4.69, 9.17) is 18.0 Å². The van der Waals surface area contributed by atoms with Crippen molar-refractivity contribution >= 4 is 11.6 Å². The quantitative estimate of drug-likeness (QED) is 0.491. The van der Waals surface area contributed by atoms with Crippen LogP contribution in [0.1, 0.15) is 26.2 Å². The second-order valence-corrected chi connectivity index (χ2v) is 2.68. The van der Waals surface area contributed by atoms with Crippen molar-refractivity contribution in [1.29, 1.82) is 0 Å². The minimum atomic E-state index is -1.07. The fraction of sp³-hybridized carbons (Fsp3) is 0.750. The minimum Gasteiger partial charge on any atom is -0.376 e. The lowest BCUT2D eigenvalue weighted by Crippen LogP contribution is -2.28. The highest BCUT2D eigenvalue weighted by atomic mass is 35.5. The number of terminal acetylenes is 1. The van der Waals surface area contributed by atoms with Crippen LogP contribution in [0.2, 0.25) is 0 Å². The molecule has 10 heavy (non-hydrogen) atoms. The predicted octanol–water partition coefficient (Wildman–Crippen LogP) is 1.78. The van der Waals surface area contributed by atoms with Gasteiger partial charge in [-0.15, -0.1) is 18.0 Å². The summed E-state index contributed by atoms with van der Waals surface area (Å²) in [5.74, 6) is 2.42. The highest BCUT2D eigenvalue weighted by Crippen LogP contribution is 2.14. The number of aliphatic hydroxyl groups is 1. The Balaban J connectivity index is 3.72. The van der Waals surface area contributed by atoms with E-state index in [-0.39, 0.29) is 5.88 Å². The van der Waals surface area contributed by atoms with Gasteiger partial charge in [-0.3, -0.25) is 0 Å². The Morgan fingerprint density at radius 2 is 2.30 bits per heavy atom. The fourth-order valence-corrected chi connectivity index (χ4v) is 0.858. The van der Waals surface area contributed by atoms with Crippen molar-refractivity contribution in [1.82, 2.24) is 0 Å². The van der Waals surface area contributed by atoms with Gasteiger partial charge in [-0.1, -0.05) is 19.3 Å². The van der Waals surface area contributed by atoms with Crippen molar-refractivity contribution in [3.8, 4) is 12.3 Å². The summed E-state index contributed by atoms with van der Waals surface area (Å²) >= 11 is 5.45. The smallest absolute Gasteiger partial charge is 0.138 e. The lowest BCUT2D eigenvalue weighted by atomic mass is 10.0. The summed E-state index contributed by atoms with van der Waals surface area (Å²) in [4.78, 5) is 0. The third-order valence-corrected chi connectivity index (χ3v) is 1.88. The molecule has 0 unspecified atom stereocenters. The fourth-order valence-electron chi connectivity index (χ4n) is 0.647. The molecule has 0 amide bonds. The van der Waals surface area contributed by atoms with Gasteiger partial charge < -0.3 is 5.11 Å². The Kier molecular flexibility index (Phi) is 4.51. The molecule has 2 heteroatoms. The molecule has 0 saturated heterocycles. The van der Waals surface area contributed by atoms with Crippen LogP contribution in [0.25, 0.3) is 0 Å². The molecule has 1 N–H and O–H groups in total. The van der Waals surface area contributed by atoms with Crippen LogP contribution in [0.3, 0.4) is 0 Å². The Bertz CT molecular complexity index is 128. The first-order valence-corrected chi connectivity index (χ1v) is 3.98. The zero-order valence-electron chi connectivity index (χ0n) is 6.23. The summed E-state index contributed by atoms with van der Waals surface area (Å²) in [6.07, 6.45) is 7.63. The van der Waals surface area contributed by atoms with E-state index in [1.54, 1.807) is 0 Å². The first-order chi connectivity index (χ1) is 4.68. The number of rotatable bonds is 4. The van der Waals surface area contributed by atoms with Gasteiger partial charge >= 0.3 is 0 Å². The van der Waals surface area contributed by atoms with E-state index in [2.05, 4.69) is 5.92 Å². The maximum atomic E-state index is 9.39. The lowest BCUT2D eigenvalue weighted by Gasteiger charge is -2.17. The molecule has 0 fully saturated rings. The molecule has 0 saturated carbocycles. The van der Waals surface area contributed by atoms with Gasteiger partial charge in [0.25, 0.3) is 0 Å². The predicted molar refractivity (Wildman–Crippen MR) is 44.0 cm³/mol. The average molecular weight is 161 g/mol. The van der Waals surface area contributed by atoms with Crippen LogP contribution in [-0.4, -0.2) is 16.6 Å². The van der Waals surface area contributed by atoms with Crippen LogP contribution in [0.15, 0.2) is 0 Å². The highest BCUT2D eigenvalue weighted by molar-refractivity contribution is 6.18. The summed E-state index contributed by atoms with van der Waals surface area (Å²) < 4.78 is 0. The number of unbranched alkanes of at least 4 members (excludes halogenated alkanes) is 1. The molecule has 0 aromatic carbocycles. The molecule has 1 nitrogen and oxygen atoms in total. The van der Waals surface area contributed by atoms with Crippen LogP contribution in [-0.2, 0) is 0 Å². The zero-order valence-corrected chi connectivity index (χ0v) is 6.99. The Morgan fingerprint density at radius 3 is 2.60 bits per heavy atom. The Labute approximate surface area is 67.4 Å². The van der Waals surface area contributed by atoms with Crippen LogP contribution < -0.4 is 0 Å². The van der Waals surface area contributed by atoms with Crippen LogP contribution >= 0.6 is 11.6 Å². The molecule has 0 aromatic rings. The number of halogens is 1. The number of alkyl halides is 1. The van der Waals surface area contributed by atoms with Gasteiger partial charge in [0.1, 0.15) is 5.60 Å². The molecule has 0 bridgehead atoms. The second kappa shape index (κ2) is 4.60. The molecule has 0 aliphatic carbocycles. The molecular weight excluding hydrogens is 148 g/mol. The van der Waals surface area contributed by atoms with Crippen molar-refractivity contribution in [3.63, 3.8) is 0 Å². The molecule has 0 spiro atoms. The molecule has 1 atom stereocenters. The molecule has 0 radical (unpaired) electrons. The monoisotopic (exact) mass is 160 g/mol. The summed E-state index contributed by atoms with van der Waals surface area (Å²) in [5.41, 5.74) is -1.07. The molecule has 0 rings (SSSR count). The van der Waals surface area contributed by atoms with E-state index in [1.807, 2.05) is 6.92 Å². The first-order valence-electron chi connectivity index (χ1n) is 3.44. The van der Waals surface area contributed by atoms with E-state index >= 15 is 0 Å². The van der Waals surface area contributed by atoms with Gasteiger partial charge in [-0.05, 0) is 12.8 Å². The van der Waals surface area contributed by atoms with E-state index < -0.39 is 5.60 Å². The lowest BCUT2D eigenvalue weighted by molar-refractivity contribution is 0.113. The summed E-state index contributed by atoms with van der Waals surface area (Å²) in [6.45, 7) is 2.05. The topological polar surface area (TPSA) is 20.2 Å². The van der Waals surface area contributed by atoms with Crippen LogP contribution in [0.5, 0.6) is 0 Å². The van der Waals surface area contributed by atoms with Gasteiger partial charge in [0.2, 0.25) is 0 Å². The summed E-state index contributed by atoms with van der Waals surface area (Å²) in [5, 5.41) is 9.39. The molecule has 0 aliphatic heterocycles. The largest absolute Gasteiger partial charge is 0.376 e. The third-order valence-electron chi connectivity index (χ3n) is 1.43.